The summed E-state index contributed by atoms with van der Waals surface area (Å²) in [4.78, 5) is 12.2. The Kier molecular flexibility index (Phi) is 4.91. The topological polar surface area (TPSA) is 29.1 Å². The monoisotopic (exact) mass is 367 g/mol. The lowest BCUT2D eigenvalue weighted by atomic mass is 10.1. The Morgan fingerprint density at radius 3 is 2.62 bits per heavy atom. The Balaban J connectivity index is 2.09. The lowest BCUT2D eigenvalue weighted by Gasteiger charge is -2.15. The summed E-state index contributed by atoms with van der Waals surface area (Å²) in [7, 11) is 0. The molecule has 0 aliphatic heterocycles. The van der Waals surface area contributed by atoms with Gasteiger partial charge in [-0.25, -0.2) is 4.39 Å². The number of amides is 1. The number of halogens is 5. The predicted octanol–water partition coefficient (Wildman–Crippen LogP) is 4.14. The van der Waals surface area contributed by atoms with Gasteiger partial charge in [0.1, 0.15) is 5.82 Å². The molecule has 0 spiro atoms. The highest BCUT2D eigenvalue weighted by Gasteiger charge is 2.35. The normalized spacial score (nSPS) is 22.3. The van der Waals surface area contributed by atoms with Crippen molar-refractivity contribution in [3.05, 3.63) is 35.1 Å². The first-order chi connectivity index (χ1) is 9.80. The van der Waals surface area contributed by atoms with Crippen LogP contribution >= 0.6 is 15.9 Å². The highest BCUT2D eigenvalue weighted by Crippen LogP contribution is 2.33. The summed E-state index contributed by atoms with van der Waals surface area (Å²) < 4.78 is 51.6. The molecule has 2 atom stereocenters. The SMILES string of the molecule is O=C(NCC1CCCC1Br)c1cccc(C(F)(F)F)c1F. The molecule has 0 heterocycles. The molecule has 1 aromatic rings. The third kappa shape index (κ3) is 3.75. The van der Waals surface area contributed by atoms with Gasteiger partial charge in [0.25, 0.3) is 5.91 Å². The molecule has 1 saturated carbocycles. The predicted molar refractivity (Wildman–Crippen MR) is 73.8 cm³/mol. The maximum atomic E-state index is 13.8. The summed E-state index contributed by atoms with van der Waals surface area (Å²) in [5, 5.41) is 2.51. The second kappa shape index (κ2) is 6.34. The summed E-state index contributed by atoms with van der Waals surface area (Å²) in [6.45, 7) is 0.324. The van der Waals surface area contributed by atoms with Crippen LogP contribution in [0.25, 0.3) is 0 Å². The van der Waals surface area contributed by atoms with E-state index in [-0.39, 0.29) is 10.7 Å². The fourth-order valence-electron chi connectivity index (χ4n) is 2.47. The van der Waals surface area contributed by atoms with E-state index in [1.807, 2.05) is 0 Å². The Labute approximate surface area is 128 Å². The van der Waals surface area contributed by atoms with Gasteiger partial charge in [-0.2, -0.15) is 13.2 Å². The van der Waals surface area contributed by atoms with Crippen LogP contribution in [0.2, 0.25) is 0 Å². The Morgan fingerprint density at radius 1 is 1.33 bits per heavy atom. The van der Waals surface area contributed by atoms with E-state index in [2.05, 4.69) is 21.2 Å². The zero-order valence-electron chi connectivity index (χ0n) is 11.0. The number of rotatable bonds is 3. The molecule has 0 radical (unpaired) electrons. The molecule has 21 heavy (non-hydrogen) atoms. The first-order valence-corrected chi connectivity index (χ1v) is 7.50. The minimum atomic E-state index is -4.81. The highest BCUT2D eigenvalue weighted by molar-refractivity contribution is 9.09. The molecule has 1 aliphatic rings. The maximum Gasteiger partial charge on any atom is 0.419 e. The summed E-state index contributed by atoms with van der Waals surface area (Å²) >= 11 is 3.49. The summed E-state index contributed by atoms with van der Waals surface area (Å²) in [6, 6.07) is 2.71. The molecule has 1 N–H and O–H groups in total. The van der Waals surface area contributed by atoms with Crippen molar-refractivity contribution in [3.63, 3.8) is 0 Å². The molecule has 1 fully saturated rings. The number of carbonyl (C=O) groups is 1. The van der Waals surface area contributed by atoms with Gasteiger partial charge in [0.2, 0.25) is 0 Å². The smallest absolute Gasteiger partial charge is 0.352 e. The highest BCUT2D eigenvalue weighted by atomic mass is 79.9. The van der Waals surface area contributed by atoms with Crippen LogP contribution in [0.3, 0.4) is 0 Å². The van der Waals surface area contributed by atoms with Gasteiger partial charge in [0.15, 0.2) is 0 Å². The number of hydrogen-bond acceptors (Lipinski definition) is 1. The molecule has 2 nitrogen and oxygen atoms in total. The third-order valence-electron chi connectivity index (χ3n) is 3.64. The minimum absolute atomic E-state index is 0.225. The molecule has 2 rings (SSSR count). The van der Waals surface area contributed by atoms with Gasteiger partial charge >= 0.3 is 6.18 Å². The van der Waals surface area contributed by atoms with Crippen LogP contribution in [0.5, 0.6) is 0 Å². The van der Waals surface area contributed by atoms with Crippen LogP contribution in [0.4, 0.5) is 17.6 Å². The second-order valence-corrected chi connectivity index (χ2v) is 6.26. The van der Waals surface area contributed by atoms with Gasteiger partial charge in [0.05, 0.1) is 11.1 Å². The molecular formula is C14H14BrF4NO. The average Bonchev–Trinajstić information content (AvgIpc) is 2.80. The number of carbonyl (C=O) groups excluding carboxylic acids is 1. The molecule has 116 valence electrons. The fraction of sp³-hybridized carbons (Fsp3) is 0.500. The number of nitrogens with one attached hydrogen (secondary N) is 1. The van der Waals surface area contributed by atoms with E-state index in [0.29, 0.717) is 12.6 Å². The van der Waals surface area contributed by atoms with E-state index in [1.165, 1.54) is 0 Å². The largest absolute Gasteiger partial charge is 0.419 e. The molecule has 1 aliphatic carbocycles. The lowest BCUT2D eigenvalue weighted by Crippen LogP contribution is -2.32. The van der Waals surface area contributed by atoms with Gasteiger partial charge in [-0.15, -0.1) is 0 Å². The van der Waals surface area contributed by atoms with Gasteiger partial charge < -0.3 is 5.32 Å². The van der Waals surface area contributed by atoms with Gasteiger partial charge in [-0.1, -0.05) is 28.4 Å². The second-order valence-electron chi connectivity index (χ2n) is 5.08. The molecule has 1 aromatic carbocycles. The van der Waals surface area contributed by atoms with Crippen molar-refractivity contribution in [2.24, 2.45) is 5.92 Å². The number of alkyl halides is 4. The van der Waals surface area contributed by atoms with E-state index in [1.54, 1.807) is 0 Å². The zero-order valence-corrected chi connectivity index (χ0v) is 12.6. The molecule has 0 bridgehead atoms. The molecule has 2 unspecified atom stereocenters. The summed E-state index contributed by atoms with van der Waals surface area (Å²) in [5.74, 6) is -2.11. The van der Waals surface area contributed by atoms with Crippen molar-refractivity contribution in [2.45, 2.75) is 30.3 Å². The van der Waals surface area contributed by atoms with E-state index >= 15 is 0 Å². The third-order valence-corrected chi connectivity index (χ3v) is 4.85. The molecular weight excluding hydrogens is 354 g/mol. The van der Waals surface area contributed by atoms with Crippen molar-refractivity contribution in [3.8, 4) is 0 Å². The Hall–Kier alpha value is -1.11. The van der Waals surface area contributed by atoms with Gasteiger partial charge in [-0.3, -0.25) is 4.79 Å². The van der Waals surface area contributed by atoms with Crippen LogP contribution in [0.15, 0.2) is 18.2 Å². The van der Waals surface area contributed by atoms with Crippen molar-refractivity contribution in [2.75, 3.05) is 6.54 Å². The first kappa shape index (κ1) is 16.3. The molecule has 7 heteroatoms. The van der Waals surface area contributed by atoms with Crippen molar-refractivity contribution < 1.29 is 22.4 Å². The van der Waals surface area contributed by atoms with Crippen molar-refractivity contribution in [1.29, 1.82) is 0 Å². The van der Waals surface area contributed by atoms with Crippen LogP contribution in [0, 0.1) is 11.7 Å². The van der Waals surface area contributed by atoms with Gasteiger partial charge in [0, 0.05) is 11.4 Å². The van der Waals surface area contributed by atoms with Crippen LogP contribution in [0.1, 0.15) is 35.2 Å². The maximum absolute atomic E-state index is 13.8. The summed E-state index contributed by atoms with van der Waals surface area (Å²) in [6.07, 6.45) is -1.85. The van der Waals surface area contributed by atoms with E-state index in [4.69, 9.17) is 0 Å². The summed E-state index contributed by atoms with van der Waals surface area (Å²) in [5.41, 5.74) is -2.00. The van der Waals surface area contributed by atoms with Crippen LogP contribution in [-0.2, 0) is 6.18 Å². The van der Waals surface area contributed by atoms with Crippen LogP contribution < -0.4 is 5.32 Å². The Morgan fingerprint density at radius 2 is 2.05 bits per heavy atom. The fourth-order valence-corrected chi connectivity index (χ4v) is 3.24. The lowest BCUT2D eigenvalue weighted by molar-refractivity contribution is -0.140. The first-order valence-electron chi connectivity index (χ1n) is 6.58. The number of hydrogen-bond donors (Lipinski definition) is 1. The molecule has 0 saturated heterocycles. The average molecular weight is 368 g/mol. The van der Waals surface area contributed by atoms with Crippen LogP contribution in [-0.4, -0.2) is 17.3 Å². The quantitative estimate of drug-likeness (QED) is 0.631. The van der Waals surface area contributed by atoms with Gasteiger partial charge in [-0.05, 0) is 30.9 Å². The Bertz CT molecular complexity index is 532. The van der Waals surface area contributed by atoms with E-state index in [9.17, 15) is 22.4 Å². The zero-order chi connectivity index (χ0) is 15.6. The minimum Gasteiger partial charge on any atom is -0.352 e. The molecule has 0 aromatic heterocycles. The molecule has 1 amide bonds. The number of benzene rings is 1. The van der Waals surface area contributed by atoms with E-state index in [0.717, 1.165) is 31.4 Å². The standard InChI is InChI=1S/C14H14BrF4NO/c15-11-6-1-3-8(11)7-20-13(21)9-4-2-5-10(12(9)16)14(17,18)19/h2,4-5,8,11H,1,3,6-7H2,(H,20,21). The van der Waals surface area contributed by atoms with Crippen molar-refractivity contribution in [1.82, 2.24) is 5.32 Å². The van der Waals surface area contributed by atoms with Crippen molar-refractivity contribution >= 4 is 21.8 Å². The van der Waals surface area contributed by atoms with E-state index < -0.39 is 29.0 Å².